The molecule has 0 radical (unpaired) electrons. The number of nitriles is 1. The van der Waals surface area contributed by atoms with Crippen molar-refractivity contribution in [2.45, 2.75) is 51.7 Å². The maximum Gasteiger partial charge on any atom is 0.317 e. The second kappa shape index (κ2) is 13.4. The molecular weight excluding hydrogens is 662 g/mol. The molecule has 0 aliphatic carbocycles. The lowest BCUT2D eigenvalue weighted by atomic mass is 9.92. The lowest BCUT2D eigenvalue weighted by molar-refractivity contribution is -0.141. The van der Waals surface area contributed by atoms with E-state index in [1.807, 2.05) is 41.9 Å². The van der Waals surface area contributed by atoms with E-state index in [0.29, 0.717) is 73.8 Å². The fraction of sp³-hybridized carbons (Fsp3) is 0.333. The molecule has 0 bridgehead atoms. The largest absolute Gasteiger partial charge is 0.481 e. The van der Waals surface area contributed by atoms with E-state index in [1.165, 1.54) is 0 Å². The number of oxazole rings is 1. The summed E-state index contributed by atoms with van der Waals surface area (Å²) in [4.78, 5) is 45.2. The second-order valence-corrected chi connectivity index (χ2v) is 13.8. The number of carboxylic acids is 2. The first kappa shape index (κ1) is 33.3. The highest BCUT2D eigenvalue weighted by atomic mass is 16.4. The summed E-state index contributed by atoms with van der Waals surface area (Å²) in [5, 5.41) is 36.3. The minimum Gasteiger partial charge on any atom is -0.481 e. The molecule has 1 fully saturated rings. The first-order valence-electron chi connectivity index (χ1n) is 17.5. The number of benzene rings is 3. The van der Waals surface area contributed by atoms with E-state index in [4.69, 9.17) is 14.5 Å². The minimum absolute atomic E-state index is 0.160. The van der Waals surface area contributed by atoms with E-state index in [1.54, 1.807) is 17.0 Å². The van der Waals surface area contributed by atoms with Crippen LogP contribution in [0.1, 0.15) is 63.7 Å². The molecule has 13 nitrogen and oxygen atoms in total. The number of hydrogen-bond donors (Lipinski definition) is 3. The Morgan fingerprint density at radius 3 is 2.62 bits per heavy atom. The molecule has 0 spiro atoms. The smallest absolute Gasteiger partial charge is 0.317 e. The van der Waals surface area contributed by atoms with Gasteiger partial charge in [-0.05, 0) is 97.3 Å². The van der Waals surface area contributed by atoms with Crippen LogP contribution in [0.4, 0.5) is 5.69 Å². The summed E-state index contributed by atoms with van der Waals surface area (Å²) < 4.78 is 8.07. The lowest BCUT2D eigenvalue weighted by Gasteiger charge is -2.23. The van der Waals surface area contributed by atoms with Gasteiger partial charge in [-0.25, -0.2) is 4.98 Å². The first-order chi connectivity index (χ1) is 25.2. The average molecular weight is 700 g/mol. The summed E-state index contributed by atoms with van der Waals surface area (Å²) in [5.41, 5.74) is 9.04. The van der Waals surface area contributed by atoms with Crippen molar-refractivity contribution in [2.75, 3.05) is 31.1 Å². The molecule has 3 aromatic carbocycles. The van der Waals surface area contributed by atoms with E-state index >= 15 is 0 Å². The molecule has 52 heavy (non-hydrogen) atoms. The van der Waals surface area contributed by atoms with E-state index in [-0.39, 0.29) is 24.4 Å². The Bertz CT molecular complexity index is 2300. The molecule has 0 saturated carbocycles. The summed E-state index contributed by atoms with van der Waals surface area (Å²) in [6.45, 7) is 4.72. The molecular formula is C39H37N7O6. The summed E-state index contributed by atoms with van der Waals surface area (Å²) >= 11 is 0. The Labute approximate surface area is 299 Å². The fourth-order valence-corrected chi connectivity index (χ4v) is 8.02. The third kappa shape index (κ3) is 5.99. The predicted molar refractivity (Wildman–Crippen MR) is 191 cm³/mol. The standard InChI is InChI=1S/C39H37N7O6/c1-22-26(5-2-6-27(22)37-42-31-16-23(15-25(18-40)36(31)52-37)20-44-13-10-24(21-44)39(50)51)28-7-3-9-33-29(28)11-14-45(33)38(49)32-17-34-30(41-19-35(47)48)8-4-12-46(34)43-32/h2-3,5-7,9,15-17,24,30,41H,4,8,10-14,19-21H2,1H3,(H,47,48)(H,50,51)/t24-,30?/m1/s1. The van der Waals surface area contributed by atoms with Crippen LogP contribution in [0.25, 0.3) is 33.7 Å². The minimum atomic E-state index is -0.929. The molecule has 13 heteroatoms. The van der Waals surface area contributed by atoms with Crippen molar-refractivity contribution in [3.63, 3.8) is 0 Å². The van der Waals surface area contributed by atoms with E-state index in [2.05, 4.69) is 33.5 Å². The van der Waals surface area contributed by atoms with Crippen LogP contribution >= 0.6 is 0 Å². The van der Waals surface area contributed by atoms with E-state index < -0.39 is 11.9 Å². The van der Waals surface area contributed by atoms with Crippen LogP contribution in [0.5, 0.6) is 0 Å². The predicted octanol–water partition coefficient (Wildman–Crippen LogP) is 5.16. The molecule has 3 aliphatic rings. The molecule has 264 valence electrons. The molecule has 5 heterocycles. The highest BCUT2D eigenvalue weighted by Gasteiger charge is 2.32. The average Bonchev–Trinajstić information content (AvgIpc) is 3.95. The van der Waals surface area contributed by atoms with Gasteiger partial charge in [-0.1, -0.05) is 24.3 Å². The third-order valence-corrected chi connectivity index (χ3v) is 10.6. The number of carboxylic acid groups (broad SMARTS) is 2. The SMILES string of the molecule is Cc1c(-c2nc3cc(CN4CC[C@@H](C(=O)O)C4)cc(C#N)c3o2)cccc1-c1cccc2c1CCN2C(=O)c1cc2n(n1)CCCC2NCC(=O)O. The molecule has 1 saturated heterocycles. The zero-order valence-corrected chi connectivity index (χ0v) is 28.6. The van der Waals surface area contributed by atoms with Gasteiger partial charge in [0.1, 0.15) is 11.6 Å². The van der Waals surface area contributed by atoms with Crippen molar-refractivity contribution in [2.24, 2.45) is 5.92 Å². The van der Waals surface area contributed by atoms with Gasteiger partial charge in [-0.2, -0.15) is 10.4 Å². The van der Waals surface area contributed by atoms with Crippen molar-refractivity contribution in [3.8, 4) is 28.7 Å². The lowest BCUT2D eigenvalue weighted by Crippen LogP contribution is -2.31. The number of aromatic nitrogens is 3. The Morgan fingerprint density at radius 1 is 1.02 bits per heavy atom. The van der Waals surface area contributed by atoms with Gasteiger partial charge in [0, 0.05) is 43.5 Å². The number of fused-ring (bicyclic) bond motifs is 3. The number of rotatable bonds is 9. The van der Waals surface area contributed by atoms with Gasteiger partial charge < -0.3 is 19.5 Å². The number of carbonyl (C=O) groups excluding carboxylic acids is 1. The molecule has 1 unspecified atom stereocenters. The van der Waals surface area contributed by atoms with Gasteiger partial charge in [0.05, 0.1) is 23.7 Å². The number of amides is 1. The number of aryl methyl sites for hydroxylation is 1. The van der Waals surface area contributed by atoms with Gasteiger partial charge in [-0.15, -0.1) is 0 Å². The molecule has 3 aliphatic heterocycles. The highest BCUT2D eigenvalue weighted by Crippen LogP contribution is 2.41. The van der Waals surface area contributed by atoms with E-state index in [0.717, 1.165) is 57.6 Å². The Morgan fingerprint density at radius 2 is 1.83 bits per heavy atom. The highest BCUT2D eigenvalue weighted by molar-refractivity contribution is 6.07. The van der Waals surface area contributed by atoms with Crippen LogP contribution in [-0.2, 0) is 29.1 Å². The molecule has 2 atom stereocenters. The maximum atomic E-state index is 13.9. The van der Waals surface area contributed by atoms with Gasteiger partial charge in [0.25, 0.3) is 5.91 Å². The molecule has 2 aromatic heterocycles. The van der Waals surface area contributed by atoms with Crippen LogP contribution < -0.4 is 10.2 Å². The van der Waals surface area contributed by atoms with Gasteiger partial charge in [-0.3, -0.25) is 29.3 Å². The summed E-state index contributed by atoms with van der Waals surface area (Å²) in [7, 11) is 0. The number of nitrogens with zero attached hydrogens (tertiary/aromatic N) is 6. The number of aliphatic carboxylic acids is 2. The quantitative estimate of drug-likeness (QED) is 0.185. The zero-order chi connectivity index (χ0) is 36.1. The topological polar surface area (TPSA) is 178 Å². The normalized spacial score (nSPS) is 18.3. The van der Waals surface area contributed by atoms with Crippen molar-refractivity contribution >= 4 is 34.6 Å². The van der Waals surface area contributed by atoms with Crippen LogP contribution in [0.15, 0.2) is 59.0 Å². The van der Waals surface area contributed by atoms with Crippen molar-refractivity contribution < 1.29 is 29.0 Å². The van der Waals surface area contributed by atoms with Gasteiger partial charge in [0.2, 0.25) is 5.89 Å². The molecule has 3 N–H and O–H groups in total. The number of anilines is 1. The Balaban J connectivity index is 1.07. The maximum absolute atomic E-state index is 13.9. The van der Waals surface area contributed by atoms with Crippen LogP contribution in [0, 0.1) is 24.2 Å². The number of likely N-dealkylation sites (tertiary alicyclic amines) is 1. The zero-order valence-electron chi connectivity index (χ0n) is 28.6. The summed E-state index contributed by atoms with van der Waals surface area (Å²) in [6.07, 6.45) is 2.89. The monoisotopic (exact) mass is 699 g/mol. The molecule has 1 amide bonds. The van der Waals surface area contributed by atoms with Crippen molar-refractivity contribution in [3.05, 3.63) is 88.2 Å². The molecule has 5 aromatic rings. The Hall–Kier alpha value is -5.84. The van der Waals surface area contributed by atoms with Crippen LogP contribution in [-0.4, -0.2) is 73.9 Å². The fourth-order valence-electron chi connectivity index (χ4n) is 8.02. The number of nitrogens with one attached hydrogen (secondary N) is 1. The second-order valence-electron chi connectivity index (χ2n) is 13.8. The first-order valence-corrected chi connectivity index (χ1v) is 17.5. The summed E-state index contributed by atoms with van der Waals surface area (Å²) in [6, 6.07) is 19.5. The summed E-state index contributed by atoms with van der Waals surface area (Å²) in [5.74, 6) is -1.88. The van der Waals surface area contributed by atoms with E-state index in [9.17, 15) is 24.8 Å². The Kier molecular flexibility index (Phi) is 8.57. The van der Waals surface area contributed by atoms with Gasteiger partial charge >= 0.3 is 11.9 Å². The van der Waals surface area contributed by atoms with Crippen LogP contribution in [0.3, 0.4) is 0 Å². The van der Waals surface area contributed by atoms with Crippen LogP contribution in [0.2, 0.25) is 0 Å². The number of carbonyl (C=O) groups is 3. The van der Waals surface area contributed by atoms with Crippen molar-refractivity contribution in [1.29, 1.82) is 5.26 Å². The number of hydrogen-bond acceptors (Lipinski definition) is 9. The third-order valence-electron chi connectivity index (χ3n) is 10.6. The van der Waals surface area contributed by atoms with Crippen molar-refractivity contribution in [1.82, 2.24) is 25.0 Å². The van der Waals surface area contributed by atoms with Gasteiger partial charge in [0.15, 0.2) is 11.3 Å². The molecule has 8 rings (SSSR count).